The predicted octanol–water partition coefficient (Wildman–Crippen LogP) is 0.0984. The Balaban J connectivity index is 2.50. The Hall–Kier alpha value is -1.43. The average molecular weight is 216 g/mol. The number of esters is 1. The summed E-state index contributed by atoms with van der Waals surface area (Å²) in [6.45, 7) is 3.10. The van der Waals surface area contributed by atoms with Crippen LogP contribution in [0.1, 0.15) is 26.7 Å². The third-order valence-electron chi connectivity index (χ3n) is 1.80. The van der Waals surface area contributed by atoms with E-state index >= 15 is 0 Å². The number of carbonyl (C=O) groups excluding carboxylic acids is 2. The van der Waals surface area contributed by atoms with Crippen LogP contribution < -0.4 is 0 Å². The number of carboxylic acid groups (broad SMARTS) is 1. The van der Waals surface area contributed by atoms with Gasteiger partial charge in [-0.05, 0) is 0 Å². The molecule has 0 aromatic heterocycles. The van der Waals surface area contributed by atoms with Crippen molar-refractivity contribution in [2.24, 2.45) is 0 Å². The number of rotatable bonds is 4. The highest BCUT2D eigenvalue weighted by Gasteiger charge is 2.41. The zero-order valence-corrected chi connectivity index (χ0v) is 8.48. The van der Waals surface area contributed by atoms with Gasteiger partial charge < -0.3 is 14.6 Å². The van der Waals surface area contributed by atoms with E-state index in [1.54, 1.807) is 13.8 Å². The van der Waals surface area contributed by atoms with Crippen molar-refractivity contribution in [3.63, 3.8) is 0 Å². The molecule has 0 amide bonds. The van der Waals surface area contributed by atoms with E-state index in [0.29, 0.717) is 0 Å². The molecule has 0 saturated carbocycles. The highest BCUT2D eigenvalue weighted by Crippen LogP contribution is 2.25. The van der Waals surface area contributed by atoms with Crippen molar-refractivity contribution in [2.75, 3.05) is 0 Å². The third kappa shape index (κ3) is 3.32. The van der Waals surface area contributed by atoms with Crippen molar-refractivity contribution in [1.82, 2.24) is 0 Å². The molecule has 1 heterocycles. The van der Waals surface area contributed by atoms with E-state index in [9.17, 15) is 14.4 Å². The molecular formula is C9H12O6. The fraction of sp³-hybridized carbons (Fsp3) is 0.667. The first kappa shape index (κ1) is 11.6. The van der Waals surface area contributed by atoms with Gasteiger partial charge in [0.25, 0.3) is 0 Å². The van der Waals surface area contributed by atoms with Gasteiger partial charge in [-0.1, -0.05) is 0 Å². The number of hydrogen-bond donors (Lipinski definition) is 1. The van der Waals surface area contributed by atoms with Gasteiger partial charge in [0.2, 0.25) is 5.79 Å². The molecule has 1 fully saturated rings. The Bertz CT molecular complexity index is 306. The lowest BCUT2D eigenvalue weighted by molar-refractivity contribution is -0.160. The van der Waals surface area contributed by atoms with Gasteiger partial charge in [-0.3, -0.25) is 9.59 Å². The van der Waals surface area contributed by atoms with Crippen molar-refractivity contribution in [3.8, 4) is 0 Å². The van der Waals surface area contributed by atoms with Gasteiger partial charge in [-0.15, -0.1) is 0 Å². The van der Waals surface area contributed by atoms with Crippen LogP contribution in [0, 0.1) is 0 Å². The van der Waals surface area contributed by atoms with Gasteiger partial charge in [0, 0.05) is 20.3 Å². The van der Waals surface area contributed by atoms with Crippen LogP contribution in [-0.4, -0.2) is 34.7 Å². The molecule has 0 bridgehead atoms. The first-order valence-corrected chi connectivity index (χ1v) is 4.44. The minimum atomic E-state index is -1.22. The maximum Gasteiger partial charge on any atom is 0.338 e. The molecule has 6 heteroatoms. The summed E-state index contributed by atoms with van der Waals surface area (Å²) in [5.41, 5.74) is 0. The fourth-order valence-electron chi connectivity index (χ4n) is 1.30. The van der Waals surface area contributed by atoms with E-state index in [4.69, 9.17) is 14.6 Å². The molecule has 1 saturated heterocycles. The normalized spacial score (nSPS) is 23.6. The number of aliphatic carboxylic acids is 1. The molecule has 1 aliphatic heterocycles. The van der Waals surface area contributed by atoms with Crippen LogP contribution in [-0.2, 0) is 23.9 Å². The molecule has 1 N–H and O–H groups in total. The molecule has 0 aromatic carbocycles. The molecule has 1 unspecified atom stereocenters. The molecule has 1 atom stereocenters. The molecule has 0 aromatic rings. The lowest BCUT2D eigenvalue weighted by Gasteiger charge is -2.14. The molecule has 6 nitrogen and oxygen atoms in total. The maximum absolute atomic E-state index is 11.2. The fourth-order valence-corrected chi connectivity index (χ4v) is 1.30. The first-order chi connectivity index (χ1) is 6.80. The zero-order valence-electron chi connectivity index (χ0n) is 8.48. The summed E-state index contributed by atoms with van der Waals surface area (Å²) in [6, 6.07) is 0. The van der Waals surface area contributed by atoms with Crippen molar-refractivity contribution >= 4 is 17.7 Å². The number of carbonyl (C=O) groups is 3. The minimum absolute atomic E-state index is 0.255. The summed E-state index contributed by atoms with van der Waals surface area (Å²) >= 11 is 0. The lowest BCUT2D eigenvalue weighted by Crippen LogP contribution is -2.24. The Kier molecular flexibility index (Phi) is 3.09. The van der Waals surface area contributed by atoms with Gasteiger partial charge in [0.1, 0.15) is 12.2 Å². The van der Waals surface area contributed by atoms with Crippen LogP contribution >= 0.6 is 0 Å². The van der Waals surface area contributed by atoms with Gasteiger partial charge in [0.05, 0.1) is 0 Å². The van der Waals surface area contributed by atoms with Gasteiger partial charge in [0.15, 0.2) is 6.10 Å². The van der Waals surface area contributed by atoms with Crippen LogP contribution in [0.5, 0.6) is 0 Å². The highest BCUT2D eigenvalue weighted by atomic mass is 16.8. The minimum Gasteiger partial charge on any atom is -0.481 e. The van der Waals surface area contributed by atoms with Crippen molar-refractivity contribution in [1.29, 1.82) is 0 Å². The van der Waals surface area contributed by atoms with Gasteiger partial charge >= 0.3 is 11.9 Å². The second-order valence-corrected chi connectivity index (χ2v) is 3.74. The molecule has 0 aliphatic carbocycles. The van der Waals surface area contributed by atoms with Crippen LogP contribution in [0.4, 0.5) is 0 Å². The quantitative estimate of drug-likeness (QED) is 0.529. The van der Waals surface area contributed by atoms with Crippen LogP contribution in [0.15, 0.2) is 0 Å². The second-order valence-electron chi connectivity index (χ2n) is 3.74. The second kappa shape index (κ2) is 3.98. The topological polar surface area (TPSA) is 89.9 Å². The number of cyclic esters (lactones) is 1. The van der Waals surface area contributed by atoms with Crippen LogP contribution in [0.25, 0.3) is 0 Å². The van der Waals surface area contributed by atoms with E-state index in [1.807, 2.05) is 0 Å². The van der Waals surface area contributed by atoms with Crippen molar-refractivity contribution in [3.05, 3.63) is 0 Å². The number of Topliss-reactive ketones (excluding diaryl/α,β-unsaturated/α-hetero) is 1. The summed E-state index contributed by atoms with van der Waals surface area (Å²) in [6.07, 6.45) is -1.84. The SMILES string of the molecule is CC1(C)OC(=O)C(CC(=O)CC(=O)O)O1. The Morgan fingerprint density at radius 2 is 2.07 bits per heavy atom. The predicted molar refractivity (Wildman–Crippen MR) is 46.9 cm³/mol. The number of hydrogen-bond acceptors (Lipinski definition) is 5. The zero-order chi connectivity index (χ0) is 11.6. The average Bonchev–Trinajstić information content (AvgIpc) is 2.22. The van der Waals surface area contributed by atoms with Crippen LogP contribution in [0.3, 0.4) is 0 Å². The summed E-state index contributed by atoms with van der Waals surface area (Å²) < 4.78 is 9.93. The molecule has 1 aliphatic rings. The molecule has 15 heavy (non-hydrogen) atoms. The van der Waals surface area contributed by atoms with Crippen LogP contribution in [0.2, 0.25) is 0 Å². The standard InChI is InChI=1S/C9H12O6/c1-9(2)14-6(8(13)15-9)3-5(10)4-7(11)12/h6H,3-4H2,1-2H3,(H,11,12). The number of ether oxygens (including phenoxy) is 2. The molecule has 1 rings (SSSR count). The highest BCUT2D eigenvalue weighted by molar-refractivity contribution is 5.97. The summed E-state index contributed by atoms with van der Waals surface area (Å²) in [5.74, 6) is -3.43. The molecule has 0 radical (unpaired) electrons. The van der Waals surface area contributed by atoms with E-state index in [1.165, 1.54) is 0 Å². The lowest BCUT2D eigenvalue weighted by atomic mass is 10.1. The largest absolute Gasteiger partial charge is 0.481 e. The number of carboxylic acids is 1. The van der Waals surface area contributed by atoms with Gasteiger partial charge in [-0.25, -0.2) is 4.79 Å². The van der Waals surface area contributed by atoms with Crippen molar-refractivity contribution in [2.45, 2.75) is 38.6 Å². The maximum atomic E-state index is 11.2. The summed E-state index contributed by atoms with van der Waals surface area (Å²) in [5, 5.41) is 8.35. The smallest absolute Gasteiger partial charge is 0.338 e. The Labute approximate surface area is 86.2 Å². The number of ketones is 1. The molecule has 84 valence electrons. The summed E-state index contributed by atoms with van der Waals surface area (Å²) in [7, 11) is 0. The van der Waals surface area contributed by atoms with E-state index < -0.39 is 36.0 Å². The Morgan fingerprint density at radius 1 is 1.47 bits per heavy atom. The monoisotopic (exact) mass is 216 g/mol. The third-order valence-corrected chi connectivity index (χ3v) is 1.80. The summed E-state index contributed by atoms with van der Waals surface area (Å²) in [4.78, 5) is 32.5. The van der Waals surface area contributed by atoms with E-state index in [2.05, 4.69) is 0 Å². The van der Waals surface area contributed by atoms with E-state index in [0.717, 1.165) is 0 Å². The molecular weight excluding hydrogens is 204 g/mol. The first-order valence-electron chi connectivity index (χ1n) is 4.44. The van der Waals surface area contributed by atoms with Crippen molar-refractivity contribution < 1.29 is 29.0 Å². The van der Waals surface area contributed by atoms with E-state index in [-0.39, 0.29) is 6.42 Å². The molecule has 0 spiro atoms. The van der Waals surface area contributed by atoms with Gasteiger partial charge in [-0.2, -0.15) is 0 Å². The Morgan fingerprint density at radius 3 is 2.47 bits per heavy atom.